The number of aryl methyl sites for hydroxylation is 1. The number of piperazine rings is 1. The van der Waals surface area contributed by atoms with Crippen molar-refractivity contribution in [1.82, 2.24) is 9.80 Å². The quantitative estimate of drug-likeness (QED) is 0.821. The van der Waals surface area contributed by atoms with Crippen molar-refractivity contribution in [2.75, 3.05) is 19.6 Å². The van der Waals surface area contributed by atoms with Crippen molar-refractivity contribution < 1.29 is 0 Å². The molecule has 0 amide bonds. The molecule has 2 rings (SSSR count). The second kappa shape index (κ2) is 6.06. The van der Waals surface area contributed by atoms with Gasteiger partial charge >= 0.3 is 0 Å². The van der Waals surface area contributed by atoms with Crippen molar-refractivity contribution in [1.29, 1.82) is 0 Å². The van der Waals surface area contributed by atoms with Gasteiger partial charge in [0, 0.05) is 31.2 Å². The summed E-state index contributed by atoms with van der Waals surface area (Å²) < 4.78 is 0. The number of rotatable bonds is 3. The Bertz CT molecular complexity index is 415. The zero-order valence-corrected chi connectivity index (χ0v) is 13.1. The highest BCUT2D eigenvalue weighted by Gasteiger charge is 2.31. The van der Waals surface area contributed by atoms with Crippen LogP contribution < -0.4 is 0 Å². The first-order chi connectivity index (χ1) is 9.02. The van der Waals surface area contributed by atoms with Crippen LogP contribution in [0.1, 0.15) is 44.9 Å². The van der Waals surface area contributed by atoms with Crippen LogP contribution in [0.25, 0.3) is 0 Å². The third-order valence-electron chi connectivity index (χ3n) is 4.59. The standard InChI is InChI=1S/C17H28N2/c1-6-18-11-15(4)19(12-14(18)3)16(5)17-9-7-8-13(2)10-17/h7-10,14-16H,6,11-12H2,1-5H3. The van der Waals surface area contributed by atoms with Gasteiger partial charge < -0.3 is 0 Å². The fraction of sp³-hybridized carbons (Fsp3) is 0.647. The van der Waals surface area contributed by atoms with Gasteiger partial charge in [0.25, 0.3) is 0 Å². The van der Waals surface area contributed by atoms with E-state index in [9.17, 15) is 0 Å². The Morgan fingerprint density at radius 2 is 1.95 bits per heavy atom. The summed E-state index contributed by atoms with van der Waals surface area (Å²) in [4.78, 5) is 5.25. The van der Waals surface area contributed by atoms with E-state index >= 15 is 0 Å². The molecule has 2 nitrogen and oxygen atoms in total. The fourth-order valence-corrected chi connectivity index (χ4v) is 3.33. The minimum atomic E-state index is 0.511. The topological polar surface area (TPSA) is 6.48 Å². The Kier molecular flexibility index (Phi) is 4.64. The lowest BCUT2D eigenvalue weighted by atomic mass is 10.00. The molecule has 1 aromatic carbocycles. The Hall–Kier alpha value is -0.860. The molecule has 2 heteroatoms. The Morgan fingerprint density at radius 1 is 1.21 bits per heavy atom. The van der Waals surface area contributed by atoms with E-state index in [4.69, 9.17) is 0 Å². The van der Waals surface area contributed by atoms with Gasteiger partial charge in [0.05, 0.1) is 0 Å². The highest BCUT2D eigenvalue weighted by Crippen LogP contribution is 2.27. The highest BCUT2D eigenvalue weighted by atomic mass is 15.3. The molecule has 0 bridgehead atoms. The minimum absolute atomic E-state index is 0.511. The lowest BCUT2D eigenvalue weighted by Gasteiger charge is -2.46. The molecule has 106 valence electrons. The van der Waals surface area contributed by atoms with E-state index < -0.39 is 0 Å². The van der Waals surface area contributed by atoms with Crippen LogP contribution in [0.2, 0.25) is 0 Å². The average Bonchev–Trinajstić information content (AvgIpc) is 2.40. The summed E-state index contributed by atoms with van der Waals surface area (Å²) in [6.07, 6.45) is 0. The smallest absolute Gasteiger partial charge is 0.0323 e. The third-order valence-corrected chi connectivity index (χ3v) is 4.59. The van der Waals surface area contributed by atoms with Crippen molar-refractivity contribution in [3.63, 3.8) is 0 Å². The SMILES string of the molecule is CCN1CC(C)N(C(C)c2cccc(C)c2)CC1C. The van der Waals surface area contributed by atoms with Crippen LogP contribution >= 0.6 is 0 Å². The monoisotopic (exact) mass is 260 g/mol. The summed E-state index contributed by atoms with van der Waals surface area (Å²) in [6, 6.07) is 10.8. The van der Waals surface area contributed by atoms with Crippen molar-refractivity contribution in [3.05, 3.63) is 35.4 Å². The zero-order valence-electron chi connectivity index (χ0n) is 13.1. The molecule has 19 heavy (non-hydrogen) atoms. The summed E-state index contributed by atoms with van der Waals surface area (Å²) in [5.41, 5.74) is 2.81. The van der Waals surface area contributed by atoms with E-state index in [1.165, 1.54) is 24.2 Å². The zero-order chi connectivity index (χ0) is 14.0. The van der Waals surface area contributed by atoms with Crippen LogP contribution in [-0.2, 0) is 0 Å². The first-order valence-corrected chi connectivity index (χ1v) is 7.59. The lowest BCUT2D eigenvalue weighted by molar-refractivity contribution is 0.0216. The fourth-order valence-electron chi connectivity index (χ4n) is 3.33. The van der Waals surface area contributed by atoms with Gasteiger partial charge in [-0.3, -0.25) is 9.80 Å². The van der Waals surface area contributed by atoms with Crippen LogP contribution in [0.15, 0.2) is 24.3 Å². The summed E-state index contributed by atoms with van der Waals surface area (Å²) in [5.74, 6) is 0. The highest BCUT2D eigenvalue weighted by molar-refractivity contribution is 5.25. The molecule has 0 aliphatic carbocycles. The van der Waals surface area contributed by atoms with Crippen molar-refractivity contribution >= 4 is 0 Å². The number of hydrogen-bond acceptors (Lipinski definition) is 2. The van der Waals surface area contributed by atoms with Gasteiger partial charge in [-0.05, 0) is 39.8 Å². The maximum atomic E-state index is 2.66. The van der Waals surface area contributed by atoms with Crippen LogP contribution in [0.4, 0.5) is 0 Å². The normalized spacial score (nSPS) is 27.4. The Balaban J connectivity index is 2.13. The Labute approximate surface area is 118 Å². The number of likely N-dealkylation sites (N-methyl/N-ethyl adjacent to an activating group) is 1. The van der Waals surface area contributed by atoms with Crippen molar-refractivity contribution in [2.45, 2.75) is 52.7 Å². The van der Waals surface area contributed by atoms with Crippen LogP contribution in [0.5, 0.6) is 0 Å². The minimum Gasteiger partial charge on any atom is -0.298 e. The maximum Gasteiger partial charge on any atom is 0.0323 e. The predicted octanol–water partition coefficient (Wildman–Crippen LogP) is 3.47. The summed E-state index contributed by atoms with van der Waals surface area (Å²) >= 11 is 0. The van der Waals surface area contributed by atoms with E-state index in [1.54, 1.807) is 0 Å². The largest absolute Gasteiger partial charge is 0.298 e. The molecule has 1 fully saturated rings. The van der Waals surface area contributed by atoms with Gasteiger partial charge in [0.15, 0.2) is 0 Å². The molecular weight excluding hydrogens is 232 g/mol. The maximum absolute atomic E-state index is 2.66. The van der Waals surface area contributed by atoms with E-state index in [0.29, 0.717) is 18.1 Å². The molecule has 0 aromatic heterocycles. The van der Waals surface area contributed by atoms with E-state index in [2.05, 4.69) is 68.7 Å². The van der Waals surface area contributed by atoms with Crippen molar-refractivity contribution in [3.8, 4) is 0 Å². The second-order valence-corrected chi connectivity index (χ2v) is 6.07. The van der Waals surface area contributed by atoms with E-state index in [-0.39, 0.29) is 0 Å². The third kappa shape index (κ3) is 3.18. The number of nitrogens with zero attached hydrogens (tertiary/aromatic N) is 2. The molecule has 0 spiro atoms. The molecule has 0 radical (unpaired) electrons. The lowest BCUT2D eigenvalue weighted by Crippen LogP contribution is -2.56. The van der Waals surface area contributed by atoms with Crippen molar-refractivity contribution in [2.24, 2.45) is 0 Å². The molecule has 1 saturated heterocycles. The first kappa shape index (κ1) is 14.5. The summed E-state index contributed by atoms with van der Waals surface area (Å²) in [7, 11) is 0. The summed E-state index contributed by atoms with van der Waals surface area (Å²) in [5, 5.41) is 0. The first-order valence-electron chi connectivity index (χ1n) is 7.59. The number of hydrogen-bond donors (Lipinski definition) is 0. The van der Waals surface area contributed by atoms with Crippen LogP contribution in [0, 0.1) is 6.92 Å². The van der Waals surface area contributed by atoms with Gasteiger partial charge in [-0.15, -0.1) is 0 Å². The van der Waals surface area contributed by atoms with E-state index in [1.807, 2.05) is 0 Å². The molecule has 1 aromatic rings. The molecule has 3 atom stereocenters. The molecule has 0 N–H and O–H groups in total. The molecule has 3 unspecified atom stereocenters. The summed E-state index contributed by atoms with van der Waals surface area (Å²) in [6.45, 7) is 15.0. The van der Waals surface area contributed by atoms with Gasteiger partial charge in [-0.2, -0.15) is 0 Å². The molecule has 1 aliphatic rings. The van der Waals surface area contributed by atoms with Crippen LogP contribution in [-0.4, -0.2) is 41.5 Å². The molecule has 0 saturated carbocycles. The average molecular weight is 260 g/mol. The van der Waals surface area contributed by atoms with Gasteiger partial charge in [0.1, 0.15) is 0 Å². The van der Waals surface area contributed by atoms with Gasteiger partial charge in [0.2, 0.25) is 0 Å². The molecule has 1 aliphatic heterocycles. The van der Waals surface area contributed by atoms with E-state index in [0.717, 1.165) is 6.54 Å². The molecule has 1 heterocycles. The van der Waals surface area contributed by atoms with Gasteiger partial charge in [-0.1, -0.05) is 36.8 Å². The van der Waals surface area contributed by atoms with Gasteiger partial charge in [-0.25, -0.2) is 0 Å². The Morgan fingerprint density at radius 3 is 2.58 bits per heavy atom. The number of benzene rings is 1. The second-order valence-electron chi connectivity index (χ2n) is 6.07. The predicted molar refractivity (Wildman–Crippen MR) is 82.5 cm³/mol. The molecular formula is C17H28N2. The van der Waals surface area contributed by atoms with Crippen LogP contribution in [0.3, 0.4) is 0 Å².